The lowest BCUT2D eigenvalue weighted by Crippen LogP contribution is -2.05. The maximum Gasteiger partial charge on any atom is 0.0969 e. The lowest BCUT2D eigenvalue weighted by atomic mass is 9.91. The molecule has 1 fully saturated rings. The van der Waals surface area contributed by atoms with Gasteiger partial charge in [0.05, 0.1) is 34.5 Å². The minimum absolute atomic E-state index is 0.316. The first kappa shape index (κ1) is 11.7. The molecule has 2 atom stereocenters. The van der Waals surface area contributed by atoms with Crippen molar-refractivity contribution in [2.24, 2.45) is 0 Å². The van der Waals surface area contributed by atoms with Crippen molar-refractivity contribution in [3.63, 3.8) is 0 Å². The molecule has 3 heteroatoms. The standard InChI is InChI=1S/C20H13N3/c1-2-6-12-11(5-1)9-10-15-16(12)22-19-17(21-15)13-7-3-4-8-14(13)18-20(19)23-18/h1-10,18,20,23H. The molecule has 4 aromatic rings. The number of fused-ring (bicyclic) bond motifs is 9. The van der Waals surface area contributed by atoms with Gasteiger partial charge in [-0.25, -0.2) is 9.97 Å². The Kier molecular flexibility index (Phi) is 2.01. The number of benzene rings is 3. The second-order valence-electron chi connectivity index (χ2n) is 6.32. The molecule has 1 aliphatic carbocycles. The molecule has 2 heterocycles. The normalized spacial score (nSPS) is 20.9. The van der Waals surface area contributed by atoms with Crippen molar-refractivity contribution in [1.82, 2.24) is 15.3 Å². The molecular formula is C20H13N3. The van der Waals surface area contributed by atoms with Crippen LogP contribution in [-0.4, -0.2) is 9.97 Å². The van der Waals surface area contributed by atoms with Gasteiger partial charge < -0.3 is 0 Å². The predicted octanol–water partition coefficient (Wildman–Crippen LogP) is 4.15. The first-order valence-corrected chi connectivity index (χ1v) is 7.95. The van der Waals surface area contributed by atoms with E-state index in [4.69, 9.17) is 9.97 Å². The summed E-state index contributed by atoms with van der Waals surface area (Å²) < 4.78 is 0. The molecule has 6 rings (SSSR count). The molecule has 0 spiro atoms. The molecule has 2 aliphatic rings. The van der Waals surface area contributed by atoms with Gasteiger partial charge in [-0.15, -0.1) is 0 Å². The number of nitrogens with zero attached hydrogens (tertiary/aromatic N) is 2. The van der Waals surface area contributed by atoms with Gasteiger partial charge in [0.1, 0.15) is 0 Å². The second kappa shape index (κ2) is 3.94. The highest BCUT2D eigenvalue weighted by Gasteiger charge is 2.46. The van der Waals surface area contributed by atoms with Crippen molar-refractivity contribution in [3.05, 3.63) is 71.9 Å². The lowest BCUT2D eigenvalue weighted by Gasteiger charge is -2.17. The van der Waals surface area contributed by atoms with Crippen molar-refractivity contribution in [2.75, 3.05) is 0 Å². The summed E-state index contributed by atoms with van der Waals surface area (Å²) in [6.07, 6.45) is 0. The molecule has 1 aliphatic heterocycles. The van der Waals surface area contributed by atoms with E-state index in [0.717, 1.165) is 22.4 Å². The Morgan fingerprint density at radius 3 is 2.65 bits per heavy atom. The van der Waals surface area contributed by atoms with E-state index >= 15 is 0 Å². The van der Waals surface area contributed by atoms with E-state index in [0.29, 0.717) is 12.1 Å². The van der Waals surface area contributed by atoms with E-state index in [-0.39, 0.29) is 0 Å². The second-order valence-corrected chi connectivity index (χ2v) is 6.32. The van der Waals surface area contributed by atoms with E-state index < -0.39 is 0 Å². The summed E-state index contributed by atoms with van der Waals surface area (Å²) in [7, 11) is 0. The van der Waals surface area contributed by atoms with Crippen molar-refractivity contribution in [1.29, 1.82) is 0 Å². The van der Waals surface area contributed by atoms with Crippen LogP contribution in [0.25, 0.3) is 33.1 Å². The Labute approximate surface area is 133 Å². The quantitative estimate of drug-likeness (QED) is 0.391. The van der Waals surface area contributed by atoms with Crippen LogP contribution in [0, 0.1) is 0 Å². The highest BCUT2D eigenvalue weighted by molar-refractivity contribution is 6.04. The summed E-state index contributed by atoms with van der Waals surface area (Å²) in [5.41, 5.74) is 6.67. The van der Waals surface area contributed by atoms with Gasteiger partial charge in [0.2, 0.25) is 0 Å². The minimum atomic E-state index is 0.316. The lowest BCUT2D eigenvalue weighted by molar-refractivity contribution is 0.942. The van der Waals surface area contributed by atoms with Gasteiger partial charge in [-0.1, -0.05) is 54.6 Å². The first-order chi connectivity index (χ1) is 11.4. The molecular weight excluding hydrogens is 282 g/mol. The van der Waals surface area contributed by atoms with Gasteiger partial charge in [0.15, 0.2) is 0 Å². The fraction of sp³-hybridized carbons (Fsp3) is 0.100. The Hall–Kier alpha value is -2.78. The van der Waals surface area contributed by atoms with Crippen molar-refractivity contribution >= 4 is 21.8 Å². The Morgan fingerprint density at radius 1 is 0.783 bits per heavy atom. The van der Waals surface area contributed by atoms with Gasteiger partial charge in [-0.2, -0.15) is 0 Å². The van der Waals surface area contributed by atoms with E-state index in [1.807, 2.05) is 0 Å². The molecule has 1 saturated heterocycles. The molecule has 1 aromatic heterocycles. The topological polar surface area (TPSA) is 47.7 Å². The molecule has 23 heavy (non-hydrogen) atoms. The van der Waals surface area contributed by atoms with E-state index in [1.165, 1.54) is 21.9 Å². The van der Waals surface area contributed by atoms with E-state index in [1.54, 1.807) is 0 Å². The number of hydrogen-bond acceptors (Lipinski definition) is 3. The summed E-state index contributed by atoms with van der Waals surface area (Å²) in [4.78, 5) is 10.0. The van der Waals surface area contributed by atoms with Crippen LogP contribution in [0.2, 0.25) is 0 Å². The zero-order valence-electron chi connectivity index (χ0n) is 12.3. The van der Waals surface area contributed by atoms with Crippen LogP contribution in [0.5, 0.6) is 0 Å². The molecule has 1 N–H and O–H groups in total. The summed E-state index contributed by atoms with van der Waals surface area (Å²) in [5.74, 6) is 0. The SMILES string of the molecule is c1ccc2c(c1)-c1nc3ccc4ccccc4c3nc1C1NC21. The van der Waals surface area contributed by atoms with E-state index in [9.17, 15) is 0 Å². The monoisotopic (exact) mass is 295 g/mol. The van der Waals surface area contributed by atoms with Crippen molar-refractivity contribution < 1.29 is 0 Å². The Bertz CT molecular complexity index is 1120. The number of nitrogens with one attached hydrogen (secondary N) is 1. The number of hydrogen-bond donors (Lipinski definition) is 1. The third-order valence-corrected chi connectivity index (χ3v) is 5.02. The average Bonchev–Trinajstić information content (AvgIpc) is 3.42. The zero-order chi connectivity index (χ0) is 15.0. The van der Waals surface area contributed by atoms with Crippen LogP contribution in [0.4, 0.5) is 0 Å². The van der Waals surface area contributed by atoms with Crippen molar-refractivity contribution in [2.45, 2.75) is 12.1 Å². The molecule has 108 valence electrons. The Balaban J connectivity index is 1.75. The first-order valence-electron chi connectivity index (χ1n) is 7.95. The average molecular weight is 295 g/mol. The maximum atomic E-state index is 5.04. The predicted molar refractivity (Wildman–Crippen MR) is 91.1 cm³/mol. The zero-order valence-corrected chi connectivity index (χ0v) is 12.3. The van der Waals surface area contributed by atoms with Crippen LogP contribution in [0.15, 0.2) is 60.7 Å². The maximum absolute atomic E-state index is 5.04. The third-order valence-electron chi connectivity index (χ3n) is 5.02. The molecule has 3 aromatic carbocycles. The smallest absolute Gasteiger partial charge is 0.0969 e. The number of rotatable bonds is 0. The molecule has 0 radical (unpaired) electrons. The van der Waals surface area contributed by atoms with Crippen LogP contribution in [0.3, 0.4) is 0 Å². The van der Waals surface area contributed by atoms with Crippen LogP contribution >= 0.6 is 0 Å². The molecule has 0 amide bonds. The Morgan fingerprint density at radius 2 is 1.65 bits per heavy atom. The van der Waals surface area contributed by atoms with Crippen LogP contribution in [-0.2, 0) is 0 Å². The largest absolute Gasteiger partial charge is 0.298 e. The molecule has 2 unspecified atom stereocenters. The fourth-order valence-electron chi connectivity index (χ4n) is 3.85. The van der Waals surface area contributed by atoms with Gasteiger partial charge >= 0.3 is 0 Å². The van der Waals surface area contributed by atoms with Gasteiger partial charge in [0.25, 0.3) is 0 Å². The third kappa shape index (κ3) is 1.47. The van der Waals surface area contributed by atoms with Gasteiger partial charge in [-0.3, -0.25) is 5.32 Å². The summed E-state index contributed by atoms with van der Waals surface area (Å²) in [6, 6.07) is 21.9. The van der Waals surface area contributed by atoms with Crippen LogP contribution in [0.1, 0.15) is 23.3 Å². The van der Waals surface area contributed by atoms with Crippen LogP contribution < -0.4 is 5.32 Å². The van der Waals surface area contributed by atoms with Gasteiger partial charge in [-0.05, 0) is 17.0 Å². The molecule has 3 nitrogen and oxygen atoms in total. The minimum Gasteiger partial charge on any atom is -0.298 e. The van der Waals surface area contributed by atoms with Gasteiger partial charge in [0, 0.05) is 10.9 Å². The summed E-state index contributed by atoms with van der Waals surface area (Å²) >= 11 is 0. The molecule has 0 bridgehead atoms. The summed E-state index contributed by atoms with van der Waals surface area (Å²) in [6.45, 7) is 0. The number of aromatic nitrogens is 2. The summed E-state index contributed by atoms with van der Waals surface area (Å²) in [5, 5.41) is 5.94. The fourth-order valence-corrected chi connectivity index (χ4v) is 3.85. The van der Waals surface area contributed by atoms with E-state index in [2.05, 4.69) is 66.0 Å². The highest BCUT2D eigenvalue weighted by Crippen LogP contribution is 2.52. The highest BCUT2D eigenvalue weighted by atomic mass is 15.2. The van der Waals surface area contributed by atoms with Crippen molar-refractivity contribution in [3.8, 4) is 11.3 Å². The molecule has 0 saturated carbocycles.